The molecule has 1 rings (SSSR count). The molecule has 0 radical (unpaired) electrons. The van der Waals surface area contributed by atoms with Gasteiger partial charge in [-0.1, -0.05) is 38.3 Å². The summed E-state index contributed by atoms with van der Waals surface area (Å²) in [7, 11) is 1.73. The highest BCUT2D eigenvalue weighted by molar-refractivity contribution is 7.99. The molecule has 1 N–H and O–H groups in total. The molecule has 1 atom stereocenters. The van der Waals surface area contributed by atoms with Crippen molar-refractivity contribution in [2.24, 2.45) is 0 Å². The van der Waals surface area contributed by atoms with Crippen LogP contribution < -0.4 is 10.1 Å². The second-order valence-electron chi connectivity index (χ2n) is 4.85. The van der Waals surface area contributed by atoms with Crippen molar-refractivity contribution in [1.82, 2.24) is 5.32 Å². The van der Waals surface area contributed by atoms with E-state index in [-0.39, 0.29) is 0 Å². The number of para-hydroxylation sites is 1. The van der Waals surface area contributed by atoms with E-state index in [0.717, 1.165) is 18.0 Å². The van der Waals surface area contributed by atoms with Gasteiger partial charge in [0.1, 0.15) is 5.75 Å². The van der Waals surface area contributed by atoms with Gasteiger partial charge in [0.25, 0.3) is 0 Å². The summed E-state index contributed by atoms with van der Waals surface area (Å²) in [6.45, 7) is 5.58. The van der Waals surface area contributed by atoms with Crippen LogP contribution in [0.15, 0.2) is 29.2 Å². The second kappa shape index (κ2) is 10.2. The molecule has 0 heterocycles. The molecule has 0 aromatic heterocycles. The number of unbranched alkanes of at least 4 members (excludes halogenated alkanes) is 2. The lowest BCUT2D eigenvalue weighted by Crippen LogP contribution is -2.28. The Morgan fingerprint density at radius 1 is 1.26 bits per heavy atom. The maximum absolute atomic E-state index is 5.35. The fourth-order valence-corrected chi connectivity index (χ4v) is 2.92. The van der Waals surface area contributed by atoms with Crippen molar-refractivity contribution in [3.63, 3.8) is 0 Å². The van der Waals surface area contributed by atoms with Gasteiger partial charge in [0.05, 0.1) is 7.11 Å². The molecule has 0 bridgehead atoms. The van der Waals surface area contributed by atoms with Crippen molar-refractivity contribution < 1.29 is 4.74 Å². The number of benzene rings is 1. The van der Waals surface area contributed by atoms with Crippen LogP contribution in [0.3, 0.4) is 0 Å². The first-order chi connectivity index (χ1) is 9.27. The molecule has 0 aliphatic carbocycles. The molecule has 3 heteroatoms. The number of hydrogen-bond donors (Lipinski definition) is 1. The molecule has 0 spiro atoms. The average molecular weight is 281 g/mol. The molecule has 0 saturated heterocycles. The quantitative estimate of drug-likeness (QED) is 0.509. The lowest BCUT2D eigenvalue weighted by atomic mass is 10.1. The third-order valence-corrected chi connectivity index (χ3v) is 4.22. The highest BCUT2D eigenvalue weighted by Gasteiger charge is 2.03. The van der Waals surface area contributed by atoms with Crippen molar-refractivity contribution in [1.29, 1.82) is 0 Å². The molecule has 0 aliphatic rings. The standard InChI is InChI=1S/C16H27NOS/c1-4-5-6-9-14(2)17-12-13-19-16-11-8-7-10-15(16)18-3/h7-8,10-11,14,17H,4-6,9,12-13H2,1-3H3. The first-order valence-corrected chi connectivity index (χ1v) is 8.25. The lowest BCUT2D eigenvalue weighted by Gasteiger charge is -2.13. The van der Waals surface area contributed by atoms with Crippen LogP contribution in [-0.2, 0) is 0 Å². The minimum atomic E-state index is 0.629. The van der Waals surface area contributed by atoms with Crippen molar-refractivity contribution >= 4 is 11.8 Å². The molecule has 1 aromatic carbocycles. The maximum atomic E-state index is 5.35. The fourth-order valence-electron chi connectivity index (χ4n) is 2.01. The summed E-state index contributed by atoms with van der Waals surface area (Å²) in [5.74, 6) is 2.06. The Kier molecular flexibility index (Phi) is 8.76. The van der Waals surface area contributed by atoms with Gasteiger partial charge in [-0.15, -0.1) is 11.8 Å². The first kappa shape index (κ1) is 16.4. The molecular weight excluding hydrogens is 254 g/mol. The number of nitrogens with one attached hydrogen (secondary N) is 1. The molecule has 0 amide bonds. The SMILES string of the molecule is CCCCCC(C)NCCSc1ccccc1OC. The lowest BCUT2D eigenvalue weighted by molar-refractivity contribution is 0.405. The fraction of sp³-hybridized carbons (Fsp3) is 0.625. The molecule has 19 heavy (non-hydrogen) atoms. The smallest absolute Gasteiger partial charge is 0.132 e. The van der Waals surface area contributed by atoms with Gasteiger partial charge in [0.2, 0.25) is 0 Å². The molecule has 0 saturated carbocycles. The summed E-state index contributed by atoms with van der Waals surface area (Å²) in [4.78, 5) is 1.23. The van der Waals surface area contributed by atoms with Crippen LogP contribution in [0, 0.1) is 0 Å². The summed E-state index contributed by atoms with van der Waals surface area (Å²) in [6.07, 6.45) is 5.27. The number of rotatable bonds is 10. The Bertz CT molecular complexity index is 343. The van der Waals surface area contributed by atoms with Gasteiger partial charge in [-0.05, 0) is 25.5 Å². The third kappa shape index (κ3) is 6.88. The third-order valence-electron chi connectivity index (χ3n) is 3.16. The number of ether oxygens (including phenoxy) is 1. The van der Waals surface area contributed by atoms with Gasteiger partial charge >= 0.3 is 0 Å². The van der Waals surface area contributed by atoms with E-state index in [0.29, 0.717) is 6.04 Å². The van der Waals surface area contributed by atoms with Crippen LogP contribution in [0.5, 0.6) is 5.75 Å². The topological polar surface area (TPSA) is 21.3 Å². The van der Waals surface area contributed by atoms with Gasteiger partial charge in [-0.2, -0.15) is 0 Å². The van der Waals surface area contributed by atoms with Gasteiger partial charge in [0.15, 0.2) is 0 Å². The van der Waals surface area contributed by atoms with Crippen LogP contribution in [0.4, 0.5) is 0 Å². The Hall–Kier alpha value is -0.670. The van der Waals surface area contributed by atoms with E-state index in [2.05, 4.69) is 31.3 Å². The molecular formula is C16H27NOS. The molecule has 1 unspecified atom stereocenters. The predicted molar refractivity (Wildman–Crippen MR) is 85.3 cm³/mol. The molecule has 2 nitrogen and oxygen atoms in total. The van der Waals surface area contributed by atoms with E-state index in [9.17, 15) is 0 Å². The van der Waals surface area contributed by atoms with E-state index in [1.54, 1.807) is 7.11 Å². The average Bonchev–Trinajstić information content (AvgIpc) is 2.44. The van der Waals surface area contributed by atoms with Crippen LogP contribution in [0.1, 0.15) is 39.5 Å². The van der Waals surface area contributed by atoms with Crippen LogP contribution in [0.25, 0.3) is 0 Å². The molecule has 1 aromatic rings. The van der Waals surface area contributed by atoms with Gasteiger partial charge in [-0.25, -0.2) is 0 Å². The number of methoxy groups -OCH3 is 1. The van der Waals surface area contributed by atoms with Gasteiger partial charge in [0, 0.05) is 23.2 Å². The highest BCUT2D eigenvalue weighted by atomic mass is 32.2. The second-order valence-corrected chi connectivity index (χ2v) is 5.99. The molecule has 108 valence electrons. The summed E-state index contributed by atoms with van der Waals surface area (Å²) in [5.41, 5.74) is 0. The van der Waals surface area contributed by atoms with Crippen molar-refractivity contribution in [3.8, 4) is 5.75 Å². The van der Waals surface area contributed by atoms with Gasteiger partial charge in [-0.3, -0.25) is 0 Å². The van der Waals surface area contributed by atoms with Crippen LogP contribution in [-0.4, -0.2) is 25.4 Å². The largest absolute Gasteiger partial charge is 0.496 e. The van der Waals surface area contributed by atoms with Crippen LogP contribution >= 0.6 is 11.8 Å². The van der Waals surface area contributed by atoms with Crippen molar-refractivity contribution in [3.05, 3.63) is 24.3 Å². The van der Waals surface area contributed by atoms with E-state index >= 15 is 0 Å². The predicted octanol–water partition coefficient (Wildman–Crippen LogP) is 4.35. The Morgan fingerprint density at radius 3 is 2.79 bits per heavy atom. The summed E-state index contributed by atoms with van der Waals surface area (Å²) < 4.78 is 5.35. The number of thioether (sulfide) groups is 1. The van der Waals surface area contributed by atoms with E-state index in [1.807, 2.05) is 23.9 Å². The van der Waals surface area contributed by atoms with Gasteiger partial charge < -0.3 is 10.1 Å². The summed E-state index contributed by atoms with van der Waals surface area (Å²) in [6, 6.07) is 8.84. The summed E-state index contributed by atoms with van der Waals surface area (Å²) >= 11 is 1.85. The zero-order valence-electron chi connectivity index (χ0n) is 12.4. The van der Waals surface area contributed by atoms with E-state index in [1.165, 1.54) is 30.6 Å². The Labute approximate surface area is 122 Å². The Balaban J connectivity index is 2.16. The Morgan fingerprint density at radius 2 is 2.05 bits per heavy atom. The highest BCUT2D eigenvalue weighted by Crippen LogP contribution is 2.28. The maximum Gasteiger partial charge on any atom is 0.132 e. The number of hydrogen-bond acceptors (Lipinski definition) is 3. The van der Waals surface area contributed by atoms with Crippen molar-refractivity contribution in [2.75, 3.05) is 19.4 Å². The summed E-state index contributed by atoms with van der Waals surface area (Å²) in [5, 5.41) is 3.59. The van der Waals surface area contributed by atoms with E-state index < -0.39 is 0 Å². The normalized spacial score (nSPS) is 12.4. The molecule has 0 aliphatic heterocycles. The molecule has 0 fully saturated rings. The van der Waals surface area contributed by atoms with E-state index in [4.69, 9.17) is 4.74 Å². The zero-order chi connectivity index (χ0) is 13.9. The minimum Gasteiger partial charge on any atom is -0.496 e. The van der Waals surface area contributed by atoms with Crippen molar-refractivity contribution in [2.45, 2.75) is 50.5 Å². The first-order valence-electron chi connectivity index (χ1n) is 7.27. The minimum absolute atomic E-state index is 0.629. The monoisotopic (exact) mass is 281 g/mol. The zero-order valence-corrected chi connectivity index (χ0v) is 13.3. The van der Waals surface area contributed by atoms with Crippen LogP contribution in [0.2, 0.25) is 0 Å².